The third-order valence-corrected chi connectivity index (χ3v) is 8.46. The van der Waals surface area contributed by atoms with Crippen molar-refractivity contribution in [1.29, 1.82) is 0 Å². The van der Waals surface area contributed by atoms with Gasteiger partial charge < -0.3 is 0 Å². The van der Waals surface area contributed by atoms with Crippen molar-refractivity contribution in [3.63, 3.8) is 0 Å². The minimum atomic E-state index is 1.24. The van der Waals surface area contributed by atoms with Gasteiger partial charge in [-0.1, -0.05) is 126 Å². The maximum absolute atomic E-state index is 2.39. The van der Waals surface area contributed by atoms with Crippen molar-refractivity contribution < 1.29 is 0 Å². The van der Waals surface area contributed by atoms with Crippen LogP contribution in [0.4, 0.5) is 0 Å². The molecule has 1 aliphatic carbocycles. The number of rotatable bonds is 3. The van der Waals surface area contributed by atoms with E-state index in [4.69, 9.17) is 0 Å². The van der Waals surface area contributed by atoms with E-state index in [1.54, 1.807) is 0 Å². The lowest BCUT2D eigenvalue weighted by molar-refractivity contribution is 1.38. The molecule has 0 amide bonds. The van der Waals surface area contributed by atoms with E-state index in [2.05, 4.69) is 147 Å². The maximum atomic E-state index is 2.39. The second-order valence-corrected chi connectivity index (χ2v) is 11.1. The Hall–Kier alpha value is -4.94. The summed E-state index contributed by atoms with van der Waals surface area (Å²) < 4.78 is 0. The van der Waals surface area contributed by atoms with Crippen LogP contribution >= 0.6 is 0 Å². The fraction of sp³-hybridized carbons (Fsp3) is 0.0500. The van der Waals surface area contributed by atoms with Crippen LogP contribution < -0.4 is 0 Å². The Balaban J connectivity index is 1.37. The molecule has 0 spiro atoms. The van der Waals surface area contributed by atoms with Crippen LogP contribution in [0.15, 0.2) is 133 Å². The van der Waals surface area contributed by atoms with Gasteiger partial charge in [-0.25, -0.2) is 0 Å². The highest BCUT2D eigenvalue weighted by Crippen LogP contribution is 2.51. The molecular formula is C40H28. The molecule has 0 nitrogen and oxygen atoms in total. The molecule has 40 heavy (non-hydrogen) atoms. The van der Waals surface area contributed by atoms with Crippen molar-refractivity contribution in [1.82, 2.24) is 0 Å². The Bertz CT molecular complexity index is 2090. The van der Waals surface area contributed by atoms with E-state index in [0.717, 1.165) is 0 Å². The highest BCUT2D eigenvalue weighted by molar-refractivity contribution is 6.20. The lowest BCUT2D eigenvalue weighted by Crippen LogP contribution is -1.89. The zero-order valence-corrected chi connectivity index (χ0v) is 22.7. The topological polar surface area (TPSA) is 0 Å². The standard InChI is InChI=1S/C40H28/c1-25-19-26(2)21-31(20-25)30-15-16-32-36-18-17-33(34-13-8-14-35(40(34)36)38(32)24-30)39-23-29-12-7-6-11-28(29)22-37(39)27-9-4-3-5-10-27/h3-24H,1-2H3. The van der Waals surface area contributed by atoms with Crippen molar-refractivity contribution in [2.75, 3.05) is 0 Å². The van der Waals surface area contributed by atoms with E-state index in [0.29, 0.717) is 0 Å². The third-order valence-electron chi connectivity index (χ3n) is 8.46. The van der Waals surface area contributed by atoms with Gasteiger partial charge in [0, 0.05) is 0 Å². The molecule has 0 fully saturated rings. The largest absolute Gasteiger partial charge is 0.0622 e. The van der Waals surface area contributed by atoms with Crippen molar-refractivity contribution >= 4 is 21.5 Å². The van der Waals surface area contributed by atoms with Gasteiger partial charge in [0.25, 0.3) is 0 Å². The Kier molecular flexibility index (Phi) is 5.06. The van der Waals surface area contributed by atoms with E-state index in [9.17, 15) is 0 Å². The normalized spacial score (nSPS) is 11.8. The first kappa shape index (κ1) is 23.0. The predicted molar refractivity (Wildman–Crippen MR) is 172 cm³/mol. The Morgan fingerprint density at radius 2 is 0.950 bits per heavy atom. The van der Waals surface area contributed by atoms with Gasteiger partial charge in [0.15, 0.2) is 0 Å². The van der Waals surface area contributed by atoms with Crippen LogP contribution in [0.2, 0.25) is 0 Å². The molecule has 8 rings (SSSR count). The maximum Gasteiger partial charge on any atom is -0.00201 e. The Morgan fingerprint density at radius 1 is 0.325 bits per heavy atom. The van der Waals surface area contributed by atoms with Gasteiger partial charge in [0.05, 0.1) is 0 Å². The molecule has 0 bridgehead atoms. The lowest BCUT2D eigenvalue weighted by Gasteiger charge is -2.16. The van der Waals surface area contributed by atoms with Gasteiger partial charge in [0.2, 0.25) is 0 Å². The molecule has 0 heteroatoms. The molecule has 0 saturated carbocycles. The second kappa shape index (κ2) is 8.79. The summed E-state index contributed by atoms with van der Waals surface area (Å²) in [7, 11) is 0. The molecule has 0 heterocycles. The van der Waals surface area contributed by atoms with Crippen molar-refractivity contribution in [3.8, 4) is 55.6 Å². The molecule has 0 atom stereocenters. The molecule has 1 aliphatic rings. The summed E-state index contributed by atoms with van der Waals surface area (Å²) in [4.78, 5) is 0. The molecule has 7 aromatic carbocycles. The average molecular weight is 509 g/mol. The van der Waals surface area contributed by atoms with Crippen molar-refractivity contribution in [2.45, 2.75) is 13.8 Å². The van der Waals surface area contributed by atoms with Crippen molar-refractivity contribution in [3.05, 3.63) is 145 Å². The summed E-state index contributed by atoms with van der Waals surface area (Å²) in [5.41, 5.74) is 15.6. The van der Waals surface area contributed by atoms with E-state index < -0.39 is 0 Å². The molecular weight excluding hydrogens is 480 g/mol. The summed E-state index contributed by atoms with van der Waals surface area (Å²) in [6.45, 7) is 4.36. The van der Waals surface area contributed by atoms with Crippen molar-refractivity contribution in [2.24, 2.45) is 0 Å². The van der Waals surface area contributed by atoms with Crippen LogP contribution in [0.1, 0.15) is 11.1 Å². The van der Waals surface area contributed by atoms with Crippen LogP contribution in [-0.2, 0) is 0 Å². The first-order valence-corrected chi connectivity index (χ1v) is 14.0. The molecule has 7 aromatic rings. The smallest absolute Gasteiger partial charge is 0.00201 e. The molecule has 0 saturated heterocycles. The summed E-state index contributed by atoms with van der Waals surface area (Å²) >= 11 is 0. The molecule has 0 unspecified atom stereocenters. The quantitative estimate of drug-likeness (QED) is 0.223. The van der Waals surface area contributed by atoms with Crippen LogP contribution in [0.3, 0.4) is 0 Å². The minimum absolute atomic E-state index is 1.24. The number of hydrogen-bond acceptors (Lipinski definition) is 0. The number of benzene rings is 7. The molecule has 0 N–H and O–H groups in total. The summed E-state index contributed by atoms with van der Waals surface area (Å²) in [6.07, 6.45) is 0. The van der Waals surface area contributed by atoms with Gasteiger partial charge in [-0.2, -0.15) is 0 Å². The lowest BCUT2D eigenvalue weighted by atomic mass is 9.88. The molecule has 0 aliphatic heterocycles. The van der Waals surface area contributed by atoms with Gasteiger partial charge in [0.1, 0.15) is 0 Å². The Labute approximate surface area is 235 Å². The summed E-state index contributed by atoms with van der Waals surface area (Å²) in [6, 6.07) is 49.5. The summed E-state index contributed by atoms with van der Waals surface area (Å²) in [5, 5.41) is 5.20. The minimum Gasteiger partial charge on any atom is -0.0622 e. The van der Waals surface area contributed by atoms with Crippen LogP contribution in [-0.4, -0.2) is 0 Å². The third kappa shape index (κ3) is 3.53. The van der Waals surface area contributed by atoms with E-state index in [-0.39, 0.29) is 0 Å². The number of hydrogen-bond donors (Lipinski definition) is 0. The van der Waals surface area contributed by atoms with Crippen LogP contribution in [0, 0.1) is 13.8 Å². The number of fused-ring (bicyclic) bond motifs is 4. The van der Waals surface area contributed by atoms with Gasteiger partial charge >= 0.3 is 0 Å². The first-order chi connectivity index (χ1) is 19.6. The first-order valence-electron chi connectivity index (χ1n) is 14.0. The van der Waals surface area contributed by atoms with Gasteiger partial charge in [-0.15, -0.1) is 0 Å². The molecule has 0 aromatic heterocycles. The fourth-order valence-electron chi connectivity index (χ4n) is 6.73. The predicted octanol–water partition coefficient (Wildman–Crippen LogP) is 11.3. The van der Waals surface area contributed by atoms with E-state index in [1.807, 2.05) is 0 Å². The average Bonchev–Trinajstić information content (AvgIpc) is 3.31. The monoisotopic (exact) mass is 508 g/mol. The van der Waals surface area contributed by atoms with E-state index in [1.165, 1.54) is 88.3 Å². The van der Waals surface area contributed by atoms with Crippen LogP contribution in [0.5, 0.6) is 0 Å². The molecule has 0 radical (unpaired) electrons. The van der Waals surface area contributed by atoms with Crippen LogP contribution in [0.25, 0.3) is 77.2 Å². The second-order valence-electron chi connectivity index (χ2n) is 11.1. The SMILES string of the molecule is Cc1cc(C)cc(-c2ccc3c(c2)-c2cccc4c(-c5cc6ccccc6cc5-c5ccccc5)ccc-3c24)c1. The highest BCUT2D eigenvalue weighted by atomic mass is 14.3. The zero-order valence-electron chi connectivity index (χ0n) is 22.7. The zero-order chi connectivity index (χ0) is 26.8. The highest BCUT2D eigenvalue weighted by Gasteiger charge is 2.24. The summed E-state index contributed by atoms with van der Waals surface area (Å²) in [5.74, 6) is 0. The Morgan fingerprint density at radius 3 is 1.73 bits per heavy atom. The van der Waals surface area contributed by atoms with E-state index >= 15 is 0 Å². The fourth-order valence-corrected chi connectivity index (χ4v) is 6.73. The van der Waals surface area contributed by atoms with Gasteiger partial charge in [-0.05, 0) is 109 Å². The van der Waals surface area contributed by atoms with Gasteiger partial charge in [-0.3, -0.25) is 0 Å². The number of aryl methyl sites for hydroxylation is 2. The molecule has 188 valence electrons.